The van der Waals surface area contributed by atoms with E-state index >= 15 is 0 Å². The molecule has 0 N–H and O–H groups in total. The van der Waals surface area contributed by atoms with Gasteiger partial charge in [-0.2, -0.15) is 0 Å². The average molecular weight is 236 g/mol. The molecule has 0 aromatic heterocycles. The summed E-state index contributed by atoms with van der Waals surface area (Å²) in [5, 5.41) is 0. The number of carbonyl (C=O) groups excluding carboxylic acids is 1. The summed E-state index contributed by atoms with van der Waals surface area (Å²) in [4.78, 5) is 12.0. The van der Waals surface area contributed by atoms with Crippen LogP contribution < -0.4 is 0 Å². The van der Waals surface area contributed by atoms with Gasteiger partial charge in [0.05, 0.1) is 0 Å². The lowest BCUT2D eigenvalue weighted by atomic mass is 9.77. The normalized spacial score (nSPS) is 24.6. The maximum absolute atomic E-state index is 12.0. The third-order valence-corrected chi connectivity index (χ3v) is 4.19. The number of hydrogen-bond donors (Lipinski definition) is 0. The molecule has 0 aromatic rings. The van der Waals surface area contributed by atoms with E-state index in [-0.39, 0.29) is 0 Å². The van der Waals surface area contributed by atoms with Crippen LogP contribution >= 0.6 is 0 Å². The molecule has 0 radical (unpaired) electrons. The van der Waals surface area contributed by atoms with Crippen LogP contribution in [0.4, 0.5) is 0 Å². The molecule has 1 nitrogen and oxygen atoms in total. The molecule has 0 aliphatic heterocycles. The second-order valence-electron chi connectivity index (χ2n) is 5.61. The lowest BCUT2D eigenvalue weighted by Crippen LogP contribution is -2.22. The molecule has 1 saturated carbocycles. The number of rotatable bonds is 7. The van der Waals surface area contributed by atoms with E-state index in [1.54, 1.807) is 0 Å². The molecule has 0 amide bonds. The van der Waals surface area contributed by atoms with Gasteiger partial charge in [0.25, 0.3) is 0 Å². The molecule has 0 spiro atoms. The van der Waals surface area contributed by atoms with Gasteiger partial charge in [0.1, 0.15) is 5.78 Å². The SMILES string of the molecule is C=C(CC)CC(=O)C1CCC(CCCC)CC1. The van der Waals surface area contributed by atoms with Crippen LogP contribution in [0.2, 0.25) is 0 Å². The van der Waals surface area contributed by atoms with E-state index in [2.05, 4.69) is 20.4 Å². The summed E-state index contributed by atoms with van der Waals surface area (Å²) in [7, 11) is 0. The average Bonchev–Trinajstić information content (AvgIpc) is 2.36. The maximum Gasteiger partial charge on any atom is 0.139 e. The van der Waals surface area contributed by atoms with Crippen molar-refractivity contribution in [2.45, 2.75) is 71.6 Å². The summed E-state index contributed by atoms with van der Waals surface area (Å²) >= 11 is 0. The van der Waals surface area contributed by atoms with Crippen LogP contribution in [0.3, 0.4) is 0 Å². The largest absolute Gasteiger partial charge is 0.299 e. The van der Waals surface area contributed by atoms with Gasteiger partial charge in [0.2, 0.25) is 0 Å². The molecule has 17 heavy (non-hydrogen) atoms. The van der Waals surface area contributed by atoms with Crippen molar-refractivity contribution in [2.24, 2.45) is 11.8 Å². The summed E-state index contributed by atoms with van der Waals surface area (Å²) in [5.41, 5.74) is 1.10. The second kappa shape index (κ2) is 7.68. The van der Waals surface area contributed by atoms with Crippen LogP contribution in [-0.4, -0.2) is 5.78 Å². The Balaban J connectivity index is 2.26. The highest BCUT2D eigenvalue weighted by Crippen LogP contribution is 2.33. The highest BCUT2D eigenvalue weighted by Gasteiger charge is 2.25. The van der Waals surface area contributed by atoms with E-state index < -0.39 is 0 Å². The van der Waals surface area contributed by atoms with Gasteiger partial charge in [-0.15, -0.1) is 0 Å². The first-order chi connectivity index (χ1) is 8.17. The molecular weight excluding hydrogens is 208 g/mol. The molecule has 0 heterocycles. The molecule has 98 valence electrons. The van der Waals surface area contributed by atoms with Gasteiger partial charge in [0, 0.05) is 12.3 Å². The Morgan fingerprint density at radius 2 is 1.82 bits per heavy atom. The smallest absolute Gasteiger partial charge is 0.139 e. The summed E-state index contributed by atoms with van der Waals surface area (Å²) in [5.74, 6) is 1.69. The fraction of sp³-hybridized carbons (Fsp3) is 0.812. The van der Waals surface area contributed by atoms with Gasteiger partial charge in [-0.05, 0) is 38.0 Å². The van der Waals surface area contributed by atoms with Crippen LogP contribution in [0, 0.1) is 11.8 Å². The van der Waals surface area contributed by atoms with Crippen molar-refractivity contribution in [3.8, 4) is 0 Å². The van der Waals surface area contributed by atoms with Crippen molar-refractivity contribution < 1.29 is 4.79 Å². The summed E-state index contributed by atoms with van der Waals surface area (Å²) < 4.78 is 0. The molecule has 1 heteroatoms. The number of hydrogen-bond acceptors (Lipinski definition) is 1. The number of allylic oxidation sites excluding steroid dienone is 1. The van der Waals surface area contributed by atoms with Gasteiger partial charge in [-0.25, -0.2) is 0 Å². The zero-order chi connectivity index (χ0) is 12.7. The number of unbranched alkanes of at least 4 members (excludes halogenated alkanes) is 1. The van der Waals surface area contributed by atoms with Crippen molar-refractivity contribution in [1.82, 2.24) is 0 Å². The minimum atomic E-state index is 0.344. The van der Waals surface area contributed by atoms with E-state index in [4.69, 9.17) is 0 Å². The Kier molecular flexibility index (Phi) is 6.54. The Labute approximate surface area is 107 Å². The van der Waals surface area contributed by atoms with Gasteiger partial charge >= 0.3 is 0 Å². The second-order valence-corrected chi connectivity index (χ2v) is 5.61. The van der Waals surface area contributed by atoms with Crippen LogP contribution in [0.5, 0.6) is 0 Å². The molecule has 0 unspecified atom stereocenters. The first-order valence-corrected chi connectivity index (χ1v) is 7.36. The molecule has 0 bridgehead atoms. The first-order valence-electron chi connectivity index (χ1n) is 7.36. The number of carbonyl (C=O) groups is 1. The van der Waals surface area contributed by atoms with Gasteiger partial charge in [0.15, 0.2) is 0 Å². The molecule has 1 aliphatic carbocycles. The van der Waals surface area contributed by atoms with Gasteiger partial charge < -0.3 is 0 Å². The number of Topliss-reactive ketones (excluding diaryl/α,β-unsaturated/α-hetero) is 1. The molecule has 0 aromatic carbocycles. The summed E-state index contributed by atoms with van der Waals surface area (Å²) in [6, 6.07) is 0. The summed E-state index contributed by atoms with van der Waals surface area (Å²) in [6.07, 6.45) is 10.4. The van der Waals surface area contributed by atoms with Crippen molar-refractivity contribution in [2.75, 3.05) is 0 Å². The first kappa shape index (κ1) is 14.5. The zero-order valence-electron chi connectivity index (χ0n) is 11.6. The quantitative estimate of drug-likeness (QED) is 0.574. The molecule has 0 saturated heterocycles. The third kappa shape index (κ3) is 5.06. The van der Waals surface area contributed by atoms with E-state index in [9.17, 15) is 4.79 Å². The molecule has 1 fully saturated rings. The van der Waals surface area contributed by atoms with Crippen LogP contribution in [-0.2, 0) is 4.79 Å². The van der Waals surface area contributed by atoms with E-state index in [1.165, 1.54) is 32.1 Å². The maximum atomic E-state index is 12.0. The number of ketones is 1. The minimum absolute atomic E-state index is 0.344. The zero-order valence-corrected chi connectivity index (χ0v) is 11.6. The molecule has 1 aliphatic rings. The van der Waals surface area contributed by atoms with Crippen LogP contribution in [0.1, 0.15) is 71.6 Å². The van der Waals surface area contributed by atoms with E-state index in [0.717, 1.165) is 30.8 Å². The highest BCUT2D eigenvalue weighted by atomic mass is 16.1. The third-order valence-electron chi connectivity index (χ3n) is 4.19. The Hall–Kier alpha value is -0.590. The Bertz CT molecular complexity index is 246. The van der Waals surface area contributed by atoms with Crippen LogP contribution in [0.25, 0.3) is 0 Å². The van der Waals surface area contributed by atoms with E-state index in [0.29, 0.717) is 18.1 Å². The minimum Gasteiger partial charge on any atom is -0.299 e. The monoisotopic (exact) mass is 236 g/mol. The highest BCUT2D eigenvalue weighted by molar-refractivity contribution is 5.83. The van der Waals surface area contributed by atoms with Gasteiger partial charge in [-0.3, -0.25) is 4.79 Å². The summed E-state index contributed by atoms with van der Waals surface area (Å²) in [6.45, 7) is 8.28. The van der Waals surface area contributed by atoms with Crippen molar-refractivity contribution >= 4 is 5.78 Å². The predicted octanol–water partition coefficient (Wildman–Crippen LogP) is 4.91. The topological polar surface area (TPSA) is 17.1 Å². The fourth-order valence-electron chi connectivity index (χ4n) is 2.78. The lowest BCUT2D eigenvalue weighted by molar-refractivity contribution is -0.123. The Morgan fingerprint density at radius 1 is 1.18 bits per heavy atom. The molecule has 0 atom stereocenters. The van der Waals surface area contributed by atoms with Crippen LogP contribution in [0.15, 0.2) is 12.2 Å². The van der Waals surface area contributed by atoms with E-state index in [1.807, 2.05) is 0 Å². The van der Waals surface area contributed by atoms with Crippen molar-refractivity contribution in [3.05, 3.63) is 12.2 Å². The Morgan fingerprint density at radius 3 is 2.35 bits per heavy atom. The lowest BCUT2D eigenvalue weighted by Gasteiger charge is -2.27. The van der Waals surface area contributed by atoms with Gasteiger partial charge in [-0.1, -0.05) is 45.3 Å². The molecular formula is C16H28O. The fourth-order valence-corrected chi connectivity index (χ4v) is 2.78. The standard InChI is InChI=1S/C16H28O/c1-4-6-7-14-8-10-15(11-9-14)16(17)12-13(3)5-2/h14-15H,3-12H2,1-2H3. The van der Waals surface area contributed by atoms with Crippen molar-refractivity contribution in [1.29, 1.82) is 0 Å². The van der Waals surface area contributed by atoms with Crippen molar-refractivity contribution in [3.63, 3.8) is 0 Å². The predicted molar refractivity (Wildman–Crippen MR) is 74.0 cm³/mol. The molecule has 1 rings (SSSR count).